The molecule has 0 saturated carbocycles. The van der Waals surface area contributed by atoms with Crippen molar-refractivity contribution in [1.29, 1.82) is 0 Å². The van der Waals surface area contributed by atoms with Crippen LogP contribution in [-0.4, -0.2) is 24.0 Å². The van der Waals surface area contributed by atoms with Crippen LogP contribution in [0.5, 0.6) is 11.5 Å². The Labute approximate surface area is 198 Å². The number of rotatable bonds is 17. The quantitative estimate of drug-likeness (QED) is 0.0662. The molecule has 1 N–H and O–H groups in total. The number of esters is 1. The normalized spacial score (nSPS) is 11.1. The van der Waals surface area contributed by atoms with Crippen LogP contribution in [0.4, 0.5) is 0 Å². The summed E-state index contributed by atoms with van der Waals surface area (Å²) in [7, 11) is 0. The number of carbonyl (C=O) groups is 1. The van der Waals surface area contributed by atoms with Gasteiger partial charge in [0, 0.05) is 0 Å². The predicted octanol–water partition coefficient (Wildman–Crippen LogP) is 7.79. The average molecular weight is 454 g/mol. The molecule has 0 fully saturated rings. The molecule has 180 valence electrons. The fraction of sp³-hybridized carbons (Fsp3) is 0.500. The summed E-state index contributed by atoms with van der Waals surface area (Å²) in [6, 6.07) is 13.8. The van der Waals surface area contributed by atoms with E-state index in [1.165, 1.54) is 76.8 Å². The summed E-state index contributed by atoms with van der Waals surface area (Å²) >= 11 is 0. The fourth-order valence-electron chi connectivity index (χ4n) is 3.67. The second kappa shape index (κ2) is 16.8. The summed E-state index contributed by atoms with van der Waals surface area (Å²) in [5.74, 6) is 0.774. The number of hydrogen-bond donors (Lipinski definition) is 1. The van der Waals surface area contributed by atoms with Crippen molar-refractivity contribution in [1.82, 2.24) is 0 Å². The molecule has 0 amide bonds. The van der Waals surface area contributed by atoms with Crippen LogP contribution in [0.2, 0.25) is 0 Å². The Bertz CT molecular complexity index is 800. The second-order valence-electron chi connectivity index (χ2n) is 8.47. The summed E-state index contributed by atoms with van der Waals surface area (Å²) in [5.41, 5.74) is 1.18. The van der Waals surface area contributed by atoms with Gasteiger partial charge < -0.3 is 14.7 Å². The highest BCUT2D eigenvalue weighted by atomic mass is 16.5. The maximum Gasteiger partial charge on any atom is 0.343 e. The van der Waals surface area contributed by atoms with E-state index >= 15 is 0 Å². The van der Waals surface area contributed by atoms with Crippen molar-refractivity contribution < 1.29 is 19.5 Å². The standard InChI is InChI=1S/C28H39NO4/c1-2-3-4-5-6-7-8-9-10-11-12-13-22-32-26-20-16-25(17-21-26)28(30)33-27-18-14-24(15-19-27)23-29-31/h14-21,23,31H,2-13,22H2,1H3/b29-23+. The predicted molar refractivity (Wildman–Crippen MR) is 134 cm³/mol. The van der Waals surface area contributed by atoms with Crippen molar-refractivity contribution in [3.05, 3.63) is 59.7 Å². The number of ether oxygens (including phenoxy) is 2. The molecular weight excluding hydrogens is 414 g/mol. The lowest BCUT2D eigenvalue weighted by Crippen LogP contribution is -2.08. The van der Waals surface area contributed by atoms with Crippen LogP contribution in [0.1, 0.15) is 99.9 Å². The summed E-state index contributed by atoms with van der Waals surface area (Å²) in [6.07, 6.45) is 17.2. The van der Waals surface area contributed by atoms with Crippen molar-refractivity contribution >= 4 is 12.2 Å². The van der Waals surface area contributed by atoms with E-state index in [0.717, 1.165) is 12.2 Å². The number of carbonyl (C=O) groups excluding carboxylic acids is 1. The Kier molecular flexibility index (Phi) is 13.4. The molecule has 0 aliphatic heterocycles. The van der Waals surface area contributed by atoms with E-state index in [4.69, 9.17) is 14.7 Å². The summed E-state index contributed by atoms with van der Waals surface area (Å²) in [6.45, 7) is 2.96. The monoisotopic (exact) mass is 453 g/mol. The van der Waals surface area contributed by atoms with Gasteiger partial charge in [-0.05, 0) is 60.5 Å². The molecule has 0 bridgehead atoms. The molecule has 2 rings (SSSR count). The smallest absolute Gasteiger partial charge is 0.343 e. The molecule has 5 heteroatoms. The summed E-state index contributed by atoms with van der Waals surface area (Å²) in [4.78, 5) is 12.3. The van der Waals surface area contributed by atoms with Gasteiger partial charge in [-0.15, -0.1) is 0 Å². The molecule has 0 atom stereocenters. The Balaban J connectivity index is 1.54. The second-order valence-corrected chi connectivity index (χ2v) is 8.47. The molecule has 0 aliphatic carbocycles. The van der Waals surface area contributed by atoms with E-state index in [9.17, 15) is 4.79 Å². The van der Waals surface area contributed by atoms with Crippen LogP contribution in [0.15, 0.2) is 53.7 Å². The van der Waals surface area contributed by atoms with E-state index in [0.29, 0.717) is 23.5 Å². The highest BCUT2D eigenvalue weighted by Crippen LogP contribution is 2.17. The van der Waals surface area contributed by atoms with Crippen LogP contribution in [0, 0.1) is 0 Å². The molecule has 0 spiro atoms. The van der Waals surface area contributed by atoms with Gasteiger partial charge in [0.1, 0.15) is 11.5 Å². The van der Waals surface area contributed by atoms with Gasteiger partial charge in [0.15, 0.2) is 0 Å². The van der Waals surface area contributed by atoms with Crippen molar-refractivity contribution in [2.45, 2.75) is 84.0 Å². The fourth-order valence-corrected chi connectivity index (χ4v) is 3.67. The Morgan fingerprint density at radius 3 is 1.82 bits per heavy atom. The first-order valence-corrected chi connectivity index (χ1v) is 12.5. The SMILES string of the molecule is CCCCCCCCCCCCCCOc1ccc(C(=O)Oc2ccc(/C=N/O)cc2)cc1. The van der Waals surface area contributed by atoms with Crippen molar-refractivity contribution in [2.75, 3.05) is 6.61 Å². The van der Waals surface area contributed by atoms with Gasteiger partial charge in [-0.2, -0.15) is 0 Å². The van der Waals surface area contributed by atoms with Gasteiger partial charge in [0.2, 0.25) is 0 Å². The van der Waals surface area contributed by atoms with Gasteiger partial charge in [-0.3, -0.25) is 0 Å². The number of nitrogens with zero attached hydrogens (tertiary/aromatic N) is 1. The van der Waals surface area contributed by atoms with Crippen molar-refractivity contribution in [2.24, 2.45) is 5.16 Å². The summed E-state index contributed by atoms with van der Waals surface area (Å²) in [5, 5.41) is 11.5. The van der Waals surface area contributed by atoms with Crippen LogP contribution in [0.3, 0.4) is 0 Å². The van der Waals surface area contributed by atoms with Gasteiger partial charge in [0.25, 0.3) is 0 Å². The van der Waals surface area contributed by atoms with Gasteiger partial charge >= 0.3 is 5.97 Å². The highest BCUT2D eigenvalue weighted by Gasteiger charge is 2.09. The third-order valence-corrected chi connectivity index (χ3v) is 5.65. The third kappa shape index (κ3) is 11.6. The van der Waals surface area contributed by atoms with Crippen LogP contribution in [-0.2, 0) is 0 Å². The molecule has 0 saturated heterocycles. The Hall–Kier alpha value is -2.82. The molecule has 0 radical (unpaired) electrons. The van der Waals surface area contributed by atoms with E-state index in [2.05, 4.69) is 12.1 Å². The third-order valence-electron chi connectivity index (χ3n) is 5.65. The molecule has 5 nitrogen and oxygen atoms in total. The van der Waals surface area contributed by atoms with Crippen LogP contribution >= 0.6 is 0 Å². The molecule has 2 aromatic carbocycles. The molecular formula is C28H39NO4. The van der Waals surface area contributed by atoms with Gasteiger partial charge in [-0.25, -0.2) is 4.79 Å². The van der Waals surface area contributed by atoms with E-state index in [1.807, 2.05) is 0 Å². The minimum atomic E-state index is -0.425. The zero-order valence-electron chi connectivity index (χ0n) is 20.0. The van der Waals surface area contributed by atoms with Crippen molar-refractivity contribution in [3.8, 4) is 11.5 Å². The van der Waals surface area contributed by atoms with Gasteiger partial charge in [0.05, 0.1) is 18.4 Å². The first-order valence-electron chi connectivity index (χ1n) is 12.5. The summed E-state index contributed by atoms with van der Waals surface area (Å²) < 4.78 is 11.2. The maximum atomic E-state index is 12.3. The van der Waals surface area contributed by atoms with Crippen LogP contribution < -0.4 is 9.47 Å². The van der Waals surface area contributed by atoms with Gasteiger partial charge in [-0.1, -0.05) is 82.7 Å². The first-order chi connectivity index (χ1) is 16.2. The topological polar surface area (TPSA) is 68.1 Å². The number of hydrogen-bond acceptors (Lipinski definition) is 5. The minimum absolute atomic E-state index is 0.425. The van der Waals surface area contributed by atoms with E-state index in [1.54, 1.807) is 48.5 Å². The molecule has 0 heterocycles. The zero-order chi connectivity index (χ0) is 23.6. The van der Waals surface area contributed by atoms with Crippen molar-refractivity contribution in [3.63, 3.8) is 0 Å². The molecule has 33 heavy (non-hydrogen) atoms. The molecule has 0 aromatic heterocycles. The first kappa shape index (κ1) is 26.4. The lowest BCUT2D eigenvalue weighted by Gasteiger charge is -2.08. The Morgan fingerprint density at radius 2 is 1.27 bits per heavy atom. The zero-order valence-corrected chi connectivity index (χ0v) is 20.0. The lowest BCUT2D eigenvalue weighted by molar-refractivity contribution is 0.0734. The molecule has 2 aromatic rings. The number of unbranched alkanes of at least 4 members (excludes halogenated alkanes) is 11. The largest absolute Gasteiger partial charge is 0.494 e. The average Bonchev–Trinajstić information content (AvgIpc) is 2.84. The van der Waals surface area contributed by atoms with E-state index < -0.39 is 5.97 Å². The minimum Gasteiger partial charge on any atom is -0.494 e. The maximum absolute atomic E-state index is 12.3. The molecule has 0 unspecified atom stereocenters. The van der Waals surface area contributed by atoms with Crippen LogP contribution in [0.25, 0.3) is 0 Å². The molecule has 0 aliphatic rings. The Morgan fingerprint density at radius 1 is 0.758 bits per heavy atom. The number of benzene rings is 2. The number of oxime groups is 1. The van der Waals surface area contributed by atoms with E-state index in [-0.39, 0.29) is 0 Å². The lowest BCUT2D eigenvalue weighted by atomic mass is 10.1. The highest BCUT2D eigenvalue weighted by molar-refractivity contribution is 5.91.